The van der Waals surface area contributed by atoms with Crippen LogP contribution < -0.4 is 0 Å². The first-order valence-corrected chi connectivity index (χ1v) is 8.04. The number of hydrogen-bond acceptors (Lipinski definition) is 4. The first-order chi connectivity index (χ1) is 11.1. The number of ether oxygens (including phenoxy) is 1. The van der Waals surface area contributed by atoms with E-state index >= 15 is 0 Å². The number of nitrogens with zero attached hydrogens (tertiary/aromatic N) is 4. The summed E-state index contributed by atoms with van der Waals surface area (Å²) in [6, 6.07) is 0. The molecule has 0 saturated carbocycles. The molecule has 0 radical (unpaired) electrons. The van der Waals surface area contributed by atoms with Gasteiger partial charge in [0.15, 0.2) is 11.5 Å². The van der Waals surface area contributed by atoms with E-state index in [0.717, 1.165) is 6.42 Å². The molecule has 2 aromatic rings. The molecule has 0 spiro atoms. The van der Waals surface area contributed by atoms with Gasteiger partial charge in [-0.15, -0.1) is 0 Å². The van der Waals surface area contributed by atoms with Crippen molar-refractivity contribution in [3.8, 4) is 0 Å². The highest BCUT2D eigenvalue weighted by Crippen LogP contribution is 2.25. The molecular formula is C15H18ClFN4O2. The Labute approximate surface area is 138 Å². The van der Waals surface area contributed by atoms with Crippen LogP contribution in [-0.2, 0) is 22.6 Å². The maximum atomic E-state index is 14.0. The Bertz CT molecular complexity index is 734. The average Bonchev–Trinajstić information content (AvgIpc) is 2.93. The zero-order valence-corrected chi connectivity index (χ0v) is 13.6. The molecule has 0 unspecified atom stereocenters. The molecule has 3 rings (SSSR count). The number of carbonyl (C=O) groups is 1. The average molecular weight is 341 g/mol. The highest BCUT2D eigenvalue weighted by Gasteiger charge is 2.25. The minimum absolute atomic E-state index is 0.0193. The van der Waals surface area contributed by atoms with Crippen LogP contribution in [0.15, 0.2) is 6.20 Å². The summed E-state index contributed by atoms with van der Waals surface area (Å²) >= 11 is 5.75. The molecule has 0 aromatic carbocycles. The lowest BCUT2D eigenvalue weighted by Gasteiger charge is -2.27. The molecule has 0 bridgehead atoms. The van der Waals surface area contributed by atoms with Crippen molar-refractivity contribution >= 4 is 28.7 Å². The van der Waals surface area contributed by atoms with E-state index < -0.39 is 5.82 Å². The normalized spacial score (nSPS) is 14.3. The van der Waals surface area contributed by atoms with Crippen molar-refractivity contribution in [2.45, 2.75) is 32.9 Å². The number of halogens is 2. The molecule has 124 valence electrons. The Hall–Kier alpha value is -1.73. The first kappa shape index (κ1) is 16.1. The van der Waals surface area contributed by atoms with Gasteiger partial charge in [-0.05, 0) is 6.42 Å². The van der Waals surface area contributed by atoms with Gasteiger partial charge in [0.05, 0.1) is 30.8 Å². The van der Waals surface area contributed by atoms with Gasteiger partial charge in [0, 0.05) is 19.7 Å². The summed E-state index contributed by atoms with van der Waals surface area (Å²) in [4.78, 5) is 22.4. The summed E-state index contributed by atoms with van der Waals surface area (Å²) in [6.07, 6.45) is 2.57. The van der Waals surface area contributed by atoms with Gasteiger partial charge in [-0.25, -0.2) is 14.4 Å². The molecule has 0 fully saturated rings. The maximum absolute atomic E-state index is 14.0. The van der Waals surface area contributed by atoms with Gasteiger partial charge in [0.2, 0.25) is 5.91 Å². The number of rotatable bonds is 5. The van der Waals surface area contributed by atoms with Crippen molar-refractivity contribution in [1.29, 1.82) is 0 Å². The third kappa shape index (κ3) is 3.16. The smallest absolute Gasteiger partial charge is 0.225 e. The lowest BCUT2D eigenvalue weighted by Crippen LogP contribution is -2.38. The Balaban J connectivity index is 1.73. The summed E-state index contributed by atoms with van der Waals surface area (Å²) in [5.74, 6) is 0.0815. The Morgan fingerprint density at radius 3 is 3.04 bits per heavy atom. The summed E-state index contributed by atoms with van der Waals surface area (Å²) in [6.45, 7) is 4.55. The van der Waals surface area contributed by atoms with Crippen molar-refractivity contribution in [2.24, 2.45) is 0 Å². The summed E-state index contributed by atoms with van der Waals surface area (Å²) in [5, 5.41) is -0.0473. The van der Waals surface area contributed by atoms with Crippen molar-refractivity contribution in [3.05, 3.63) is 22.9 Å². The third-order valence-corrected chi connectivity index (χ3v) is 4.09. The number of aromatic nitrogens is 3. The monoisotopic (exact) mass is 340 g/mol. The topological polar surface area (TPSA) is 60.2 Å². The zero-order chi connectivity index (χ0) is 16.4. The molecule has 1 aliphatic rings. The fourth-order valence-corrected chi connectivity index (χ4v) is 2.80. The van der Waals surface area contributed by atoms with Crippen molar-refractivity contribution in [2.75, 3.05) is 19.8 Å². The number of hydrogen-bond donors (Lipinski definition) is 0. The Kier molecular flexibility index (Phi) is 4.77. The van der Waals surface area contributed by atoms with Crippen LogP contribution in [0.1, 0.15) is 25.6 Å². The molecule has 3 heterocycles. The van der Waals surface area contributed by atoms with Gasteiger partial charge in [-0.2, -0.15) is 0 Å². The van der Waals surface area contributed by atoms with Crippen molar-refractivity contribution in [3.63, 3.8) is 0 Å². The minimum Gasteiger partial charge on any atom is -0.381 e. The molecular weight excluding hydrogens is 323 g/mol. The van der Waals surface area contributed by atoms with E-state index in [9.17, 15) is 9.18 Å². The van der Waals surface area contributed by atoms with Gasteiger partial charge in [-0.3, -0.25) is 4.79 Å². The maximum Gasteiger partial charge on any atom is 0.225 e. The lowest BCUT2D eigenvalue weighted by molar-refractivity contribution is -0.133. The predicted octanol–water partition coefficient (Wildman–Crippen LogP) is 2.38. The van der Waals surface area contributed by atoms with E-state index in [0.29, 0.717) is 50.7 Å². The van der Waals surface area contributed by atoms with Crippen molar-refractivity contribution < 1.29 is 13.9 Å². The number of pyridine rings is 1. The zero-order valence-electron chi connectivity index (χ0n) is 12.9. The summed E-state index contributed by atoms with van der Waals surface area (Å²) < 4.78 is 21.2. The number of fused-ring (bicyclic) bond motifs is 3. The molecule has 1 amide bonds. The second kappa shape index (κ2) is 6.80. The van der Waals surface area contributed by atoms with Gasteiger partial charge < -0.3 is 14.2 Å². The van der Waals surface area contributed by atoms with E-state index in [1.807, 2.05) is 11.5 Å². The van der Waals surface area contributed by atoms with Crippen LogP contribution in [0.2, 0.25) is 5.02 Å². The fraction of sp³-hybridized carbons (Fsp3) is 0.533. The number of carbonyl (C=O) groups excluding carboxylic acids is 1. The predicted molar refractivity (Wildman–Crippen MR) is 83.6 cm³/mol. The SMILES string of the molecule is CCCOCCC(=O)N1CCn2c(nc3c(F)c(Cl)cnc32)C1. The quantitative estimate of drug-likeness (QED) is 0.784. The first-order valence-electron chi connectivity index (χ1n) is 7.66. The third-order valence-electron chi connectivity index (χ3n) is 3.82. The van der Waals surface area contributed by atoms with E-state index in [4.69, 9.17) is 16.3 Å². The van der Waals surface area contributed by atoms with E-state index in [1.54, 1.807) is 4.90 Å². The molecule has 1 aliphatic heterocycles. The number of imidazole rings is 1. The molecule has 0 saturated heterocycles. The molecule has 0 atom stereocenters. The Morgan fingerprint density at radius 1 is 1.43 bits per heavy atom. The second-order valence-corrected chi connectivity index (χ2v) is 5.86. The lowest BCUT2D eigenvalue weighted by atomic mass is 10.3. The van der Waals surface area contributed by atoms with Crippen LogP contribution in [-0.4, -0.2) is 45.1 Å². The van der Waals surface area contributed by atoms with Gasteiger partial charge in [0.25, 0.3) is 0 Å². The molecule has 6 nitrogen and oxygen atoms in total. The fourth-order valence-electron chi connectivity index (χ4n) is 2.66. The van der Waals surface area contributed by atoms with Crippen LogP contribution in [0.4, 0.5) is 4.39 Å². The van der Waals surface area contributed by atoms with Crippen molar-refractivity contribution in [1.82, 2.24) is 19.4 Å². The molecule has 2 aromatic heterocycles. The molecule has 0 aliphatic carbocycles. The van der Waals surface area contributed by atoms with Crippen LogP contribution in [0.3, 0.4) is 0 Å². The highest BCUT2D eigenvalue weighted by atomic mass is 35.5. The summed E-state index contributed by atoms with van der Waals surface area (Å²) in [5.41, 5.74) is 0.633. The molecule has 8 heteroatoms. The van der Waals surface area contributed by atoms with E-state index in [-0.39, 0.29) is 16.4 Å². The van der Waals surface area contributed by atoms with E-state index in [2.05, 4.69) is 9.97 Å². The highest BCUT2D eigenvalue weighted by molar-refractivity contribution is 6.31. The summed E-state index contributed by atoms with van der Waals surface area (Å²) in [7, 11) is 0. The van der Waals surface area contributed by atoms with Crippen LogP contribution in [0.25, 0.3) is 11.2 Å². The standard InChI is InChI=1S/C15H18ClFN4O2/c1-2-6-23-7-3-12(22)20-4-5-21-11(9-20)19-14-13(17)10(16)8-18-15(14)21/h8H,2-7,9H2,1H3. The van der Waals surface area contributed by atoms with Crippen LogP contribution >= 0.6 is 11.6 Å². The van der Waals surface area contributed by atoms with E-state index in [1.165, 1.54) is 6.20 Å². The van der Waals surface area contributed by atoms with Crippen LogP contribution in [0, 0.1) is 5.82 Å². The van der Waals surface area contributed by atoms with Gasteiger partial charge >= 0.3 is 0 Å². The minimum atomic E-state index is -0.565. The molecule has 0 N–H and O–H groups in total. The Morgan fingerprint density at radius 2 is 2.26 bits per heavy atom. The number of amides is 1. The van der Waals surface area contributed by atoms with Gasteiger partial charge in [0.1, 0.15) is 11.3 Å². The van der Waals surface area contributed by atoms with Gasteiger partial charge in [-0.1, -0.05) is 18.5 Å². The molecule has 23 heavy (non-hydrogen) atoms. The second-order valence-electron chi connectivity index (χ2n) is 5.45. The van der Waals surface area contributed by atoms with Crippen LogP contribution in [0.5, 0.6) is 0 Å². The largest absolute Gasteiger partial charge is 0.381 e.